The standard InChI is InChI=1S/C25H34BrN3O4S/c1-7-19(4)27-25(31)20(5)28(15-21-10-12-22(26)13-11-21)24(30)16-29(34(6,32)33)23-14-17(2)8-9-18(23)3/h8-14,19-20H,7,15-16H2,1-6H3,(H,27,31)/t19-,20-/m1/s1. The summed E-state index contributed by atoms with van der Waals surface area (Å²) in [6, 6.07) is 12.1. The summed E-state index contributed by atoms with van der Waals surface area (Å²) < 4.78 is 27.4. The second-order valence-corrected chi connectivity index (χ2v) is 11.5. The molecule has 2 amide bonds. The summed E-state index contributed by atoms with van der Waals surface area (Å²) in [5, 5.41) is 2.92. The third-order valence-electron chi connectivity index (χ3n) is 5.75. The van der Waals surface area contributed by atoms with Gasteiger partial charge in [0.2, 0.25) is 21.8 Å². The summed E-state index contributed by atoms with van der Waals surface area (Å²) in [7, 11) is -3.75. The van der Waals surface area contributed by atoms with Crippen molar-refractivity contribution >= 4 is 43.5 Å². The Hall–Kier alpha value is -2.39. The highest BCUT2D eigenvalue weighted by Gasteiger charge is 2.31. The van der Waals surface area contributed by atoms with Gasteiger partial charge in [-0.15, -0.1) is 0 Å². The maximum Gasteiger partial charge on any atom is 0.244 e. The van der Waals surface area contributed by atoms with Crippen LogP contribution in [0.5, 0.6) is 0 Å². The van der Waals surface area contributed by atoms with Crippen LogP contribution in [0.3, 0.4) is 0 Å². The molecule has 34 heavy (non-hydrogen) atoms. The number of carbonyl (C=O) groups excluding carboxylic acids is 2. The van der Waals surface area contributed by atoms with Gasteiger partial charge in [-0.1, -0.05) is 47.1 Å². The molecule has 2 atom stereocenters. The van der Waals surface area contributed by atoms with Gasteiger partial charge in [0, 0.05) is 17.1 Å². The van der Waals surface area contributed by atoms with Crippen molar-refractivity contribution in [3.63, 3.8) is 0 Å². The van der Waals surface area contributed by atoms with E-state index in [4.69, 9.17) is 0 Å². The van der Waals surface area contributed by atoms with Crippen LogP contribution in [0.1, 0.15) is 43.9 Å². The molecule has 0 aliphatic heterocycles. The van der Waals surface area contributed by atoms with E-state index in [9.17, 15) is 18.0 Å². The predicted molar refractivity (Wildman–Crippen MR) is 140 cm³/mol. The summed E-state index contributed by atoms with van der Waals surface area (Å²) in [6.45, 7) is 8.97. The number of aryl methyl sites for hydroxylation is 2. The van der Waals surface area contributed by atoms with Crippen molar-refractivity contribution in [2.45, 2.75) is 59.7 Å². The van der Waals surface area contributed by atoms with E-state index in [1.807, 2.05) is 57.2 Å². The van der Waals surface area contributed by atoms with E-state index >= 15 is 0 Å². The van der Waals surface area contributed by atoms with Crippen LogP contribution >= 0.6 is 15.9 Å². The lowest BCUT2D eigenvalue weighted by molar-refractivity contribution is -0.139. The molecular weight excluding hydrogens is 518 g/mol. The number of carbonyl (C=O) groups is 2. The number of rotatable bonds is 10. The number of anilines is 1. The Labute approximate surface area is 211 Å². The molecule has 0 aromatic heterocycles. The van der Waals surface area contributed by atoms with Crippen LogP contribution in [0, 0.1) is 13.8 Å². The van der Waals surface area contributed by atoms with Crippen LogP contribution in [0.25, 0.3) is 0 Å². The molecule has 0 bridgehead atoms. The molecule has 2 rings (SSSR count). The number of amides is 2. The summed E-state index contributed by atoms with van der Waals surface area (Å²) in [5.74, 6) is -0.737. The zero-order valence-electron chi connectivity index (χ0n) is 20.6. The number of hydrogen-bond acceptors (Lipinski definition) is 4. The molecule has 0 heterocycles. The largest absolute Gasteiger partial charge is 0.352 e. The third kappa shape index (κ3) is 7.56. The van der Waals surface area contributed by atoms with Crippen LogP contribution in [0.2, 0.25) is 0 Å². The van der Waals surface area contributed by atoms with Gasteiger partial charge < -0.3 is 10.2 Å². The lowest BCUT2D eigenvalue weighted by Crippen LogP contribution is -2.52. The number of nitrogens with one attached hydrogen (secondary N) is 1. The Morgan fingerprint density at radius 3 is 2.24 bits per heavy atom. The van der Waals surface area contributed by atoms with Crippen LogP contribution in [-0.2, 0) is 26.2 Å². The van der Waals surface area contributed by atoms with E-state index in [1.165, 1.54) is 4.90 Å². The van der Waals surface area contributed by atoms with Crippen LogP contribution in [0.4, 0.5) is 5.69 Å². The Bertz CT molecular complexity index is 1120. The number of hydrogen-bond donors (Lipinski definition) is 1. The zero-order chi connectivity index (χ0) is 25.6. The predicted octanol–water partition coefficient (Wildman–Crippen LogP) is 4.16. The molecule has 186 valence electrons. The first-order valence-electron chi connectivity index (χ1n) is 11.2. The molecule has 9 heteroatoms. The average Bonchev–Trinajstić information content (AvgIpc) is 2.77. The van der Waals surface area contributed by atoms with Gasteiger partial charge in [0.25, 0.3) is 0 Å². The number of sulfonamides is 1. The minimum atomic E-state index is -3.75. The molecule has 0 radical (unpaired) electrons. The first kappa shape index (κ1) is 27.9. The second-order valence-electron chi connectivity index (χ2n) is 8.70. The molecule has 1 N–H and O–H groups in total. The minimum absolute atomic E-state index is 0.0398. The van der Waals surface area contributed by atoms with Crippen LogP contribution < -0.4 is 9.62 Å². The normalized spacial score (nSPS) is 13.1. The molecule has 0 fully saturated rings. The molecule has 2 aromatic rings. The molecule has 0 aliphatic carbocycles. The SMILES string of the molecule is CC[C@@H](C)NC(=O)[C@@H](C)N(Cc1ccc(Br)cc1)C(=O)CN(c1cc(C)ccc1C)S(C)(=O)=O. The van der Waals surface area contributed by atoms with Crippen LogP contribution in [-0.4, -0.2) is 50.0 Å². The first-order valence-corrected chi connectivity index (χ1v) is 13.9. The number of nitrogens with zero attached hydrogens (tertiary/aromatic N) is 2. The topological polar surface area (TPSA) is 86.8 Å². The molecular formula is C25H34BrN3O4S. The zero-order valence-corrected chi connectivity index (χ0v) is 23.0. The Kier molecular flexibility index (Phi) is 9.70. The van der Waals surface area contributed by atoms with E-state index in [1.54, 1.807) is 19.9 Å². The Morgan fingerprint density at radius 2 is 1.68 bits per heavy atom. The third-order valence-corrected chi connectivity index (χ3v) is 7.40. The van der Waals surface area contributed by atoms with Crippen molar-refractivity contribution in [3.05, 3.63) is 63.6 Å². The van der Waals surface area contributed by atoms with Crippen LogP contribution in [0.15, 0.2) is 46.9 Å². The summed E-state index contributed by atoms with van der Waals surface area (Å²) in [4.78, 5) is 27.9. The van der Waals surface area contributed by atoms with Crippen molar-refractivity contribution < 1.29 is 18.0 Å². The highest BCUT2D eigenvalue weighted by Crippen LogP contribution is 2.24. The Balaban J connectivity index is 2.42. The quantitative estimate of drug-likeness (QED) is 0.480. The lowest BCUT2D eigenvalue weighted by Gasteiger charge is -2.32. The van der Waals surface area contributed by atoms with Crippen molar-refractivity contribution in [3.8, 4) is 0 Å². The van der Waals surface area contributed by atoms with Gasteiger partial charge in [-0.25, -0.2) is 8.42 Å². The average molecular weight is 553 g/mol. The van der Waals surface area contributed by atoms with E-state index < -0.39 is 28.5 Å². The maximum atomic E-state index is 13.6. The Morgan fingerprint density at radius 1 is 1.06 bits per heavy atom. The summed E-state index contributed by atoms with van der Waals surface area (Å²) >= 11 is 3.40. The highest BCUT2D eigenvalue weighted by atomic mass is 79.9. The monoisotopic (exact) mass is 551 g/mol. The molecule has 0 saturated carbocycles. The van der Waals surface area contributed by atoms with E-state index in [2.05, 4.69) is 21.2 Å². The summed E-state index contributed by atoms with van der Waals surface area (Å²) in [5.41, 5.74) is 2.91. The maximum absolute atomic E-state index is 13.6. The first-order chi connectivity index (χ1) is 15.8. The molecule has 0 aliphatic rings. The fourth-order valence-corrected chi connectivity index (χ4v) is 4.58. The molecule has 0 saturated heterocycles. The van der Waals surface area contributed by atoms with Crippen molar-refractivity contribution in [2.24, 2.45) is 0 Å². The molecule has 0 spiro atoms. The van der Waals surface area contributed by atoms with Gasteiger partial charge in [0.15, 0.2) is 0 Å². The molecule has 0 unspecified atom stereocenters. The van der Waals surface area contributed by atoms with E-state index in [-0.39, 0.29) is 18.5 Å². The molecule has 7 nitrogen and oxygen atoms in total. The summed E-state index contributed by atoms with van der Waals surface area (Å²) in [6.07, 6.45) is 1.84. The number of halogens is 1. The smallest absolute Gasteiger partial charge is 0.244 e. The minimum Gasteiger partial charge on any atom is -0.352 e. The van der Waals surface area contributed by atoms with Crippen molar-refractivity contribution in [2.75, 3.05) is 17.1 Å². The van der Waals surface area contributed by atoms with Gasteiger partial charge in [-0.05, 0) is 69.0 Å². The van der Waals surface area contributed by atoms with Gasteiger partial charge in [-0.2, -0.15) is 0 Å². The highest BCUT2D eigenvalue weighted by molar-refractivity contribution is 9.10. The van der Waals surface area contributed by atoms with Gasteiger partial charge in [0.05, 0.1) is 11.9 Å². The molecule has 2 aromatic carbocycles. The van der Waals surface area contributed by atoms with Crippen molar-refractivity contribution in [1.82, 2.24) is 10.2 Å². The van der Waals surface area contributed by atoms with Gasteiger partial charge in [0.1, 0.15) is 12.6 Å². The van der Waals surface area contributed by atoms with Gasteiger partial charge >= 0.3 is 0 Å². The fraction of sp³-hybridized carbons (Fsp3) is 0.440. The van der Waals surface area contributed by atoms with E-state index in [0.717, 1.165) is 38.1 Å². The van der Waals surface area contributed by atoms with Gasteiger partial charge in [-0.3, -0.25) is 13.9 Å². The second kappa shape index (κ2) is 11.8. The lowest BCUT2D eigenvalue weighted by atomic mass is 10.1. The van der Waals surface area contributed by atoms with Crippen molar-refractivity contribution in [1.29, 1.82) is 0 Å². The fourth-order valence-electron chi connectivity index (χ4n) is 3.42. The van der Waals surface area contributed by atoms with E-state index in [0.29, 0.717) is 5.69 Å². The number of benzene rings is 2.